The van der Waals surface area contributed by atoms with Gasteiger partial charge in [0.25, 0.3) is 0 Å². The number of esters is 5. The van der Waals surface area contributed by atoms with E-state index in [0.29, 0.717) is 6.42 Å². The fourth-order valence-corrected chi connectivity index (χ4v) is 5.43. The molecule has 0 saturated carbocycles. The lowest BCUT2D eigenvalue weighted by atomic mass is 9.99. The van der Waals surface area contributed by atoms with Crippen LogP contribution in [0.1, 0.15) is 68.7 Å². The summed E-state index contributed by atoms with van der Waals surface area (Å²) in [5.74, 6) is -5.11. The Morgan fingerprint density at radius 2 is 1.37 bits per heavy atom. The molecule has 262 valence electrons. The van der Waals surface area contributed by atoms with Gasteiger partial charge >= 0.3 is 35.9 Å². The first-order chi connectivity index (χ1) is 21.3. The zero-order chi connectivity index (χ0) is 35.4. The summed E-state index contributed by atoms with van der Waals surface area (Å²) < 4.78 is 37.6. The zero-order valence-corrected chi connectivity index (χ0v) is 28.7. The molecule has 8 atom stereocenters. The molecular formula is C29H46N2O14S. The van der Waals surface area contributed by atoms with E-state index in [0.717, 1.165) is 39.5 Å². The van der Waals surface area contributed by atoms with Gasteiger partial charge in [-0.1, -0.05) is 20.3 Å². The SMILES string of the molecule is CC[C@H](C)[C@H](NC(=O)[C@H](CS[C@@H]1O[C@H](COC(C)=O)[C@@H](OC(C)=O)[C@H](OC(C)=O)[C@H]1OC(C)=O)NC(=O)OC(C)(C)C)C(=O)OC. The number of carbonyl (C=O) groups excluding carboxylic acids is 7. The quantitative estimate of drug-likeness (QED) is 0.197. The van der Waals surface area contributed by atoms with Gasteiger partial charge in [-0.25, -0.2) is 9.59 Å². The van der Waals surface area contributed by atoms with Crippen LogP contribution in [0.5, 0.6) is 0 Å². The molecule has 1 aliphatic rings. The Morgan fingerprint density at radius 1 is 0.826 bits per heavy atom. The van der Waals surface area contributed by atoms with Crippen LogP contribution in [0.4, 0.5) is 4.79 Å². The highest BCUT2D eigenvalue weighted by Gasteiger charge is 2.52. The normalized spacial score (nSPS) is 23.0. The van der Waals surface area contributed by atoms with Gasteiger partial charge in [-0.3, -0.25) is 24.0 Å². The predicted molar refractivity (Wildman–Crippen MR) is 161 cm³/mol. The Labute approximate surface area is 272 Å². The maximum Gasteiger partial charge on any atom is 0.408 e. The Bertz CT molecular complexity index is 1110. The molecule has 0 bridgehead atoms. The molecular weight excluding hydrogens is 632 g/mol. The molecule has 1 fully saturated rings. The van der Waals surface area contributed by atoms with Crippen molar-refractivity contribution in [1.29, 1.82) is 0 Å². The summed E-state index contributed by atoms with van der Waals surface area (Å²) in [5, 5.41) is 5.10. The molecule has 0 spiro atoms. The van der Waals surface area contributed by atoms with Gasteiger partial charge in [0, 0.05) is 33.4 Å². The molecule has 2 N–H and O–H groups in total. The summed E-state index contributed by atoms with van der Waals surface area (Å²) in [7, 11) is 1.18. The van der Waals surface area contributed by atoms with Gasteiger partial charge in [-0.05, 0) is 26.7 Å². The molecule has 17 heteroatoms. The number of nitrogens with one attached hydrogen (secondary N) is 2. The standard InChI is InChI=1S/C29H46N2O14S/c1-11-14(2)21(26(37)39-10)31-25(36)19(30-28(38)45-29(7,8)9)13-46-27-24(43-18(6)35)23(42-17(5)34)22(41-16(4)33)20(44-27)12-40-15(3)32/h14,19-24,27H,11-13H2,1-10H3,(H,30,38)(H,31,36)/t14-,19-,20+,21-,22+,23-,24+,27-/m0/s1. The van der Waals surface area contributed by atoms with Crippen LogP contribution in [0.25, 0.3) is 0 Å². The van der Waals surface area contributed by atoms with Gasteiger partial charge in [0.1, 0.15) is 35.8 Å². The molecule has 0 aromatic rings. The second kappa shape index (κ2) is 18.5. The van der Waals surface area contributed by atoms with E-state index in [1.807, 2.05) is 6.92 Å². The number of methoxy groups -OCH3 is 1. The lowest BCUT2D eigenvalue weighted by molar-refractivity contribution is -0.237. The molecule has 1 rings (SSSR count). The van der Waals surface area contributed by atoms with Crippen molar-refractivity contribution in [3.8, 4) is 0 Å². The van der Waals surface area contributed by atoms with Crippen molar-refractivity contribution in [3.63, 3.8) is 0 Å². The summed E-state index contributed by atoms with van der Waals surface area (Å²) in [6.45, 7) is 12.4. The van der Waals surface area contributed by atoms with Gasteiger partial charge < -0.3 is 43.8 Å². The minimum absolute atomic E-state index is 0.257. The van der Waals surface area contributed by atoms with E-state index in [4.69, 9.17) is 33.2 Å². The largest absolute Gasteiger partial charge is 0.467 e. The minimum Gasteiger partial charge on any atom is -0.467 e. The van der Waals surface area contributed by atoms with Crippen molar-refractivity contribution in [2.45, 2.75) is 116 Å². The minimum atomic E-state index is -1.42. The number of ether oxygens (including phenoxy) is 7. The number of alkyl carbamates (subject to hydrolysis) is 1. The van der Waals surface area contributed by atoms with Crippen LogP contribution in [-0.2, 0) is 61.9 Å². The van der Waals surface area contributed by atoms with Crippen LogP contribution < -0.4 is 10.6 Å². The molecule has 0 aliphatic carbocycles. The molecule has 46 heavy (non-hydrogen) atoms. The smallest absolute Gasteiger partial charge is 0.408 e. The van der Waals surface area contributed by atoms with Gasteiger partial charge in [-0.2, -0.15) is 0 Å². The van der Waals surface area contributed by atoms with Crippen molar-refractivity contribution in [2.24, 2.45) is 5.92 Å². The summed E-state index contributed by atoms with van der Waals surface area (Å²) in [6, 6.07) is -2.39. The summed E-state index contributed by atoms with van der Waals surface area (Å²) in [4.78, 5) is 86.6. The maximum absolute atomic E-state index is 13.5. The van der Waals surface area contributed by atoms with E-state index in [9.17, 15) is 33.6 Å². The zero-order valence-electron chi connectivity index (χ0n) is 27.9. The molecule has 0 unspecified atom stereocenters. The Morgan fingerprint density at radius 3 is 1.85 bits per heavy atom. The fourth-order valence-electron chi connectivity index (χ4n) is 4.20. The lowest BCUT2D eigenvalue weighted by Crippen LogP contribution is -2.62. The van der Waals surface area contributed by atoms with Gasteiger partial charge in [0.05, 0.1) is 7.11 Å². The first-order valence-electron chi connectivity index (χ1n) is 14.6. The molecule has 2 amide bonds. The van der Waals surface area contributed by atoms with Gasteiger partial charge in [0.15, 0.2) is 18.3 Å². The second-order valence-corrected chi connectivity index (χ2v) is 12.6. The number of amides is 2. The molecule has 1 heterocycles. The third-order valence-corrected chi connectivity index (χ3v) is 7.58. The van der Waals surface area contributed by atoms with E-state index in [1.165, 1.54) is 7.11 Å². The summed E-state index contributed by atoms with van der Waals surface area (Å²) in [5.41, 5.74) is -2.13. The monoisotopic (exact) mass is 678 g/mol. The maximum atomic E-state index is 13.5. The molecule has 1 aliphatic heterocycles. The van der Waals surface area contributed by atoms with Crippen molar-refractivity contribution in [1.82, 2.24) is 10.6 Å². The Balaban J connectivity index is 3.51. The van der Waals surface area contributed by atoms with Crippen molar-refractivity contribution in [3.05, 3.63) is 0 Å². The molecule has 0 radical (unpaired) electrons. The third-order valence-electron chi connectivity index (χ3n) is 6.35. The lowest BCUT2D eigenvalue weighted by Gasteiger charge is -2.44. The van der Waals surface area contributed by atoms with Crippen molar-refractivity contribution in [2.75, 3.05) is 19.5 Å². The van der Waals surface area contributed by atoms with Gasteiger partial charge in [0.2, 0.25) is 5.91 Å². The van der Waals surface area contributed by atoms with E-state index < -0.39 is 96.0 Å². The van der Waals surface area contributed by atoms with Crippen LogP contribution >= 0.6 is 11.8 Å². The van der Waals surface area contributed by atoms with Crippen molar-refractivity contribution >= 4 is 53.6 Å². The van der Waals surface area contributed by atoms with E-state index >= 15 is 0 Å². The Kier molecular flexibility index (Phi) is 16.3. The second-order valence-electron chi connectivity index (χ2n) is 11.5. The van der Waals surface area contributed by atoms with Crippen LogP contribution in [0.2, 0.25) is 0 Å². The average Bonchev–Trinajstić information content (AvgIpc) is 2.92. The topological polar surface area (TPSA) is 208 Å². The molecule has 1 saturated heterocycles. The van der Waals surface area contributed by atoms with Crippen LogP contribution in [-0.4, -0.2) is 109 Å². The predicted octanol–water partition coefficient (Wildman–Crippen LogP) is 1.40. The van der Waals surface area contributed by atoms with Crippen LogP contribution in [0, 0.1) is 5.92 Å². The number of hydrogen-bond donors (Lipinski definition) is 2. The third kappa shape index (κ3) is 13.8. The first kappa shape index (κ1) is 40.4. The summed E-state index contributed by atoms with van der Waals surface area (Å²) in [6.07, 6.45) is -5.80. The molecule has 0 aromatic heterocycles. The van der Waals surface area contributed by atoms with E-state index in [1.54, 1.807) is 27.7 Å². The van der Waals surface area contributed by atoms with E-state index in [2.05, 4.69) is 10.6 Å². The van der Waals surface area contributed by atoms with Gasteiger partial charge in [-0.15, -0.1) is 11.8 Å². The Hall–Kier alpha value is -3.60. The van der Waals surface area contributed by atoms with Crippen molar-refractivity contribution < 1.29 is 66.7 Å². The highest BCUT2D eigenvalue weighted by Crippen LogP contribution is 2.35. The fraction of sp³-hybridized carbons (Fsp3) is 0.759. The highest BCUT2D eigenvalue weighted by molar-refractivity contribution is 7.99. The number of rotatable bonds is 14. The number of hydrogen-bond acceptors (Lipinski definition) is 15. The first-order valence-corrected chi connectivity index (χ1v) is 15.6. The van der Waals surface area contributed by atoms with Crippen LogP contribution in [0.15, 0.2) is 0 Å². The molecule has 16 nitrogen and oxygen atoms in total. The number of thioether (sulfide) groups is 1. The van der Waals surface area contributed by atoms with E-state index in [-0.39, 0.29) is 11.7 Å². The highest BCUT2D eigenvalue weighted by atomic mass is 32.2. The average molecular weight is 679 g/mol. The summed E-state index contributed by atoms with van der Waals surface area (Å²) >= 11 is 0.870. The van der Waals surface area contributed by atoms with Crippen LogP contribution in [0.3, 0.4) is 0 Å². The number of carbonyl (C=O) groups is 7. The molecule has 0 aromatic carbocycles.